The van der Waals surface area contributed by atoms with Crippen molar-refractivity contribution in [2.45, 2.75) is 6.10 Å². The van der Waals surface area contributed by atoms with Crippen molar-refractivity contribution in [3.8, 4) is 0 Å². The van der Waals surface area contributed by atoms with Crippen molar-refractivity contribution in [3.05, 3.63) is 52.7 Å². The van der Waals surface area contributed by atoms with Crippen LogP contribution >= 0.6 is 11.6 Å². The molecule has 116 valence electrons. The number of benzene rings is 1. The van der Waals surface area contributed by atoms with Crippen LogP contribution in [0.4, 0.5) is 10.1 Å². The molecule has 1 aliphatic rings. The maximum Gasteiger partial charge on any atom is 0.256 e. The molecule has 7 heteroatoms. The molecule has 2 N–H and O–H groups in total. The van der Waals surface area contributed by atoms with Crippen LogP contribution < -0.4 is 5.73 Å². The Bertz CT molecular complexity index is 690. The molecule has 5 nitrogen and oxygen atoms in total. The Labute approximate surface area is 131 Å². The first kappa shape index (κ1) is 14.9. The van der Waals surface area contributed by atoms with Gasteiger partial charge in [-0.05, 0) is 24.3 Å². The number of ether oxygens (including phenoxy) is 1. The van der Waals surface area contributed by atoms with E-state index in [-0.39, 0.29) is 28.3 Å². The first-order valence-corrected chi connectivity index (χ1v) is 7.13. The lowest BCUT2D eigenvalue weighted by atomic mass is 10.1. The van der Waals surface area contributed by atoms with Crippen molar-refractivity contribution < 1.29 is 18.3 Å². The highest BCUT2D eigenvalue weighted by atomic mass is 35.5. The van der Waals surface area contributed by atoms with Crippen LogP contribution in [0.1, 0.15) is 22.2 Å². The van der Waals surface area contributed by atoms with E-state index in [1.54, 1.807) is 23.3 Å². The van der Waals surface area contributed by atoms with E-state index in [1.165, 1.54) is 6.07 Å². The molecule has 0 aliphatic carbocycles. The van der Waals surface area contributed by atoms with E-state index < -0.39 is 5.82 Å². The molecule has 0 saturated carbocycles. The lowest BCUT2D eigenvalue weighted by molar-refractivity contribution is -0.0321. The Morgan fingerprint density at radius 2 is 2.27 bits per heavy atom. The van der Waals surface area contributed by atoms with E-state index in [1.807, 2.05) is 0 Å². The Kier molecular flexibility index (Phi) is 4.04. The summed E-state index contributed by atoms with van der Waals surface area (Å²) in [7, 11) is 0. The largest absolute Gasteiger partial charge is 0.467 e. The number of amides is 1. The van der Waals surface area contributed by atoms with Crippen LogP contribution in [0.3, 0.4) is 0 Å². The van der Waals surface area contributed by atoms with Crippen molar-refractivity contribution in [1.82, 2.24) is 4.90 Å². The molecule has 2 aromatic rings. The Balaban J connectivity index is 1.83. The number of carbonyl (C=O) groups is 1. The zero-order valence-corrected chi connectivity index (χ0v) is 12.3. The van der Waals surface area contributed by atoms with Gasteiger partial charge in [0.05, 0.1) is 30.7 Å². The Hall–Kier alpha value is -2.05. The molecule has 1 fully saturated rings. The number of rotatable bonds is 2. The van der Waals surface area contributed by atoms with Gasteiger partial charge >= 0.3 is 0 Å². The number of furan rings is 1. The third kappa shape index (κ3) is 2.80. The lowest BCUT2D eigenvalue weighted by Crippen LogP contribution is -2.42. The molecular formula is C15H14ClFN2O3. The predicted molar refractivity (Wildman–Crippen MR) is 79.1 cm³/mol. The molecule has 1 aromatic heterocycles. The number of nitrogen functional groups attached to an aromatic ring is 1. The van der Waals surface area contributed by atoms with Gasteiger partial charge in [0, 0.05) is 11.6 Å². The maximum absolute atomic E-state index is 13.6. The summed E-state index contributed by atoms with van der Waals surface area (Å²) in [5.74, 6) is -0.437. The van der Waals surface area contributed by atoms with Crippen LogP contribution in [0.25, 0.3) is 0 Å². The van der Waals surface area contributed by atoms with E-state index in [0.29, 0.717) is 25.5 Å². The molecule has 0 spiro atoms. The zero-order chi connectivity index (χ0) is 15.7. The number of hydrogen-bond donors (Lipinski definition) is 1. The van der Waals surface area contributed by atoms with Gasteiger partial charge in [-0.15, -0.1) is 0 Å². The normalized spacial score (nSPS) is 18.5. The average Bonchev–Trinajstić information content (AvgIpc) is 3.05. The Morgan fingerprint density at radius 1 is 1.45 bits per heavy atom. The van der Waals surface area contributed by atoms with Gasteiger partial charge in [-0.2, -0.15) is 0 Å². The Morgan fingerprint density at radius 3 is 3.00 bits per heavy atom. The minimum atomic E-state index is -0.702. The van der Waals surface area contributed by atoms with Crippen LogP contribution in [-0.4, -0.2) is 30.5 Å². The van der Waals surface area contributed by atoms with Crippen molar-refractivity contribution in [3.63, 3.8) is 0 Å². The maximum atomic E-state index is 13.6. The number of morpholine rings is 1. The third-order valence-electron chi connectivity index (χ3n) is 3.54. The highest BCUT2D eigenvalue weighted by Gasteiger charge is 2.29. The monoisotopic (exact) mass is 324 g/mol. The summed E-state index contributed by atoms with van der Waals surface area (Å²) >= 11 is 5.81. The van der Waals surface area contributed by atoms with Crippen LogP contribution in [-0.2, 0) is 4.74 Å². The molecule has 1 amide bonds. The van der Waals surface area contributed by atoms with Crippen molar-refractivity contribution in [1.29, 1.82) is 0 Å². The second-order valence-electron chi connectivity index (χ2n) is 4.97. The van der Waals surface area contributed by atoms with Gasteiger partial charge in [0.25, 0.3) is 5.91 Å². The molecule has 3 rings (SSSR count). The molecule has 0 bridgehead atoms. The smallest absolute Gasteiger partial charge is 0.256 e. The van der Waals surface area contributed by atoms with E-state index in [9.17, 15) is 9.18 Å². The summed E-state index contributed by atoms with van der Waals surface area (Å²) in [5.41, 5.74) is 5.52. The fraction of sp³-hybridized carbons (Fsp3) is 0.267. The van der Waals surface area contributed by atoms with Crippen LogP contribution in [0.15, 0.2) is 34.9 Å². The molecule has 0 radical (unpaired) electrons. The zero-order valence-electron chi connectivity index (χ0n) is 11.6. The van der Waals surface area contributed by atoms with Gasteiger partial charge in [-0.3, -0.25) is 4.79 Å². The van der Waals surface area contributed by atoms with E-state index in [4.69, 9.17) is 26.5 Å². The highest BCUT2D eigenvalue weighted by molar-refractivity contribution is 6.31. The van der Waals surface area contributed by atoms with Gasteiger partial charge in [0.2, 0.25) is 0 Å². The van der Waals surface area contributed by atoms with Gasteiger partial charge in [0.15, 0.2) is 0 Å². The standard InChI is InChI=1S/C15H14ClFN2O3/c16-9-6-10(14(18)11(17)7-9)15(20)19-3-5-22-13(8-19)12-2-1-4-21-12/h1-2,4,6-7,13H,3,5,8,18H2. The SMILES string of the molecule is Nc1c(F)cc(Cl)cc1C(=O)N1CCOC(c2ccco2)C1. The summed E-state index contributed by atoms with van der Waals surface area (Å²) in [5, 5.41) is 0.130. The quantitative estimate of drug-likeness (QED) is 0.862. The van der Waals surface area contributed by atoms with Crippen LogP contribution in [0.2, 0.25) is 5.02 Å². The predicted octanol–water partition coefficient (Wildman–Crippen LogP) is 2.87. The fourth-order valence-electron chi connectivity index (χ4n) is 2.41. The summed E-state index contributed by atoms with van der Waals surface area (Å²) in [4.78, 5) is 14.1. The number of carbonyl (C=O) groups excluding carboxylic acids is 1. The summed E-state index contributed by atoms with van der Waals surface area (Å²) in [6.45, 7) is 1.06. The van der Waals surface area contributed by atoms with E-state index in [2.05, 4.69) is 0 Å². The minimum Gasteiger partial charge on any atom is -0.467 e. The first-order valence-electron chi connectivity index (χ1n) is 6.75. The number of anilines is 1. The number of nitrogens with zero attached hydrogens (tertiary/aromatic N) is 1. The van der Waals surface area contributed by atoms with Gasteiger partial charge in [-0.25, -0.2) is 4.39 Å². The molecule has 1 aromatic carbocycles. The minimum absolute atomic E-state index is 0.0603. The molecule has 22 heavy (non-hydrogen) atoms. The molecule has 1 saturated heterocycles. The number of nitrogens with two attached hydrogens (primary N) is 1. The third-order valence-corrected chi connectivity index (χ3v) is 3.76. The summed E-state index contributed by atoms with van der Waals surface area (Å²) < 4.78 is 24.5. The van der Waals surface area contributed by atoms with Gasteiger partial charge in [-0.1, -0.05) is 11.6 Å². The van der Waals surface area contributed by atoms with E-state index in [0.717, 1.165) is 6.07 Å². The van der Waals surface area contributed by atoms with Crippen molar-refractivity contribution >= 4 is 23.2 Å². The average molecular weight is 325 g/mol. The molecule has 1 unspecified atom stereocenters. The lowest BCUT2D eigenvalue weighted by Gasteiger charge is -2.32. The summed E-state index contributed by atoms with van der Waals surface area (Å²) in [6, 6.07) is 5.99. The molecule has 1 atom stereocenters. The van der Waals surface area contributed by atoms with Crippen LogP contribution in [0, 0.1) is 5.82 Å². The topological polar surface area (TPSA) is 68.7 Å². The first-order chi connectivity index (χ1) is 10.6. The second kappa shape index (κ2) is 5.98. The fourth-order valence-corrected chi connectivity index (χ4v) is 2.62. The van der Waals surface area contributed by atoms with E-state index >= 15 is 0 Å². The van der Waals surface area contributed by atoms with Gasteiger partial charge < -0.3 is 19.8 Å². The number of hydrogen-bond acceptors (Lipinski definition) is 4. The van der Waals surface area contributed by atoms with Gasteiger partial charge in [0.1, 0.15) is 17.7 Å². The second-order valence-corrected chi connectivity index (χ2v) is 5.41. The van der Waals surface area contributed by atoms with Crippen molar-refractivity contribution in [2.75, 3.05) is 25.4 Å². The molecule has 1 aliphatic heterocycles. The summed E-state index contributed by atoms with van der Waals surface area (Å²) in [6.07, 6.45) is 1.20. The van der Waals surface area contributed by atoms with Crippen LogP contribution in [0.5, 0.6) is 0 Å². The van der Waals surface area contributed by atoms with Crippen molar-refractivity contribution in [2.24, 2.45) is 0 Å². The highest BCUT2D eigenvalue weighted by Crippen LogP contribution is 2.27. The molecule has 2 heterocycles. The number of halogens is 2. The molecular weight excluding hydrogens is 311 g/mol.